The number of aromatic carboxylic acids is 1. The van der Waals surface area contributed by atoms with Crippen molar-refractivity contribution < 1.29 is 19.4 Å². The smallest absolute Gasteiger partial charge is 0.335 e. The highest BCUT2D eigenvalue weighted by Crippen LogP contribution is 2.13. The second kappa shape index (κ2) is 8.43. The minimum Gasteiger partial charge on any atom is -0.478 e. The first kappa shape index (κ1) is 17.9. The van der Waals surface area contributed by atoms with Gasteiger partial charge in [-0.15, -0.1) is 0 Å². The number of nitrogens with zero attached hydrogens (tertiary/aromatic N) is 1. The van der Waals surface area contributed by atoms with Crippen molar-refractivity contribution in [2.75, 3.05) is 12.4 Å². The molecule has 0 radical (unpaired) electrons. The molecule has 0 saturated heterocycles. The number of nitrogens with one attached hydrogen (secondary N) is 1. The van der Waals surface area contributed by atoms with Gasteiger partial charge in [0.15, 0.2) is 0 Å². The normalized spacial score (nSPS) is 10.8. The summed E-state index contributed by atoms with van der Waals surface area (Å²) in [6.07, 6.45) is 1.48. The van der Waals surface area contributed by atoms with Crippen molar-refractivity contribution in [3.8, 4) is 6.07 Å². The molecule has 0 aliphatic heterocycles. The van der Waals surface area contributed by atoms with Gasteiger partial charge in [0, 0.05) is 12.8 Å². The molecule has 0 fully saturated rings. The van der Waals surface area contributed by atoms with Gasteiger partial charge >= 0.3 is 5.97 Å². The number of hydrogen-bond acceptors (Lipinski definition) is 4. The van der Waals surface area contributed by atoms with E-state index in [1.165, 1.54) is 30.3 Å². The minimum absolute atomic E-state index is 0.0539. The van der Waals surface area contributed by atoms with Crippen molar-refractivity contribution in [3.63, 3.8) is 0 Å². The second-order valence-electron chi connectivity index (χ2n) is 5.18. The maximum absolute atomic E-state index is 12.2. The average molecular weight is 336 g/mol. The van der Waals surface area contributed by atoms with Crippen LogP contribution in [0, 0.1) is 11.3 Å². The van der Waals surface area contributed by atoms with Crippen LogP contribution in [0.2, 0.25) is 0 Å². The number of ether oxygens (including phenoxy) is 1. The largest absolute Gasteiger partial charge is 0.478 e. The Morgan fingerprint density at radius 2 is 1.80 bits per heavy atom. The summed E-state index contributed by atoms with van der Waals surface area (Å²) >= 11 is 0. The van der Waals surface area contributed by atoms with Crippen LogP contribution in [0.15, 0.2) is 54.1 Å². The van der Waals surface area contributed by atoms with Gasteiger partial charge in [0.2, 0.25) is 0 Å². The first-order valence-electron chi connectivity index (χ1n) is 7.38. The van der Waals surface area contributed by atoms with Crippen LogP contribution in [-0.2, 0) is 16.1 Å². The third-order valence-electron chi connectivity index (χ3n) is 3.36. The van der Waals surface area contributed by atoms with Gasteiger partial charge < -0.3 is 15.2 Å². The lowest BCUT2D eigenvalue weighted by Gasteiger charge is -2.05. The third-order valence-corrected chi connectivity index (χ3v) is 3.36. The summed E-state index contributed by atoms with van der Waals surface area (Å²) < 4.78 is 5.03. The number of carboxylic acid groups (broad SMARTS) is 1. The summed E-state index contributed by atoms with van der Waals surface area (Å²) in [5.74, 6) is -1.61. The Morgan fingerprint density at radius 3 is 2.32 bits per heavy atom. The lowest BCUT2D eigenvalue weighted by molar-refractivity contribution is -0.112. The molecule has 2 aromatic rings. The maximum atomic E-state index is 12.2. The van der Waals surface area contributed by atoms with Gasteiger partial charge in [-0.05, 0) is 41.5 Å². The molecule has 2 aromatic carbocycles. The van der Waals surface area contributed by atoms with Crippen LogP contribution in [0.25, 0.3) is 6.08 Å². The Kier molecular flexibility index (Phi) is 6.04. The number of hydrogen-bond donors (Lipinski definition) is 2. The van der Waals surface area contributed by atoms with Gasteiger partial charge in [0.05, 0.1) is 12.2 Å². The summed E-state index contributed by atoms with van der Waals surface area (Å²) in [6.45, 7) is 0.488. The van der Waals surface area contributed by atoms with Crippen LogP contribution in [0.5, 0.6) is 0 Å². The van der Waals surface area contributed by atoms with Gasteiger partial charge in [-0.2, -0.15) is 5.26 Å². The third kappa shape index (κ3) is 5.03. The van der Waals surface area contributed by atoms with Crippen LogP contribution in [0.3, 0.4) is 0 Å². The maximum Gasteiger partial charge on any atom is 0.335 e. The van der Waals surface area contributed by atoms with Crippen LogP contribution >= 0.6 is 0 Å². The summed E-state index contributed by atoms with van der Waals surface area (Å²) in [4.78, 5) is 23.0. The molecule has 2 N–H and O–H groups in total. The molecule has 0 aliphatic rings. The van der Waals surface area contributed by atoms with Crippen molar-refractivity contribution >= 4 is 23.6 Å². The van der Waals surface area contributed by atoms with Crippen LogP contribution in [0.4, 0.5) is 5.69 Å². The zero-order valence-corrected chi connectivity index (χ0v) is 13.5. The zero-order chi connectivity index (χ0) is 18.2. The van der Waals surface area contributed by atoms with Crippen LogP contribution in [-0.4, -0.2) is 24.1 Å². The van der Waals surface area contributed by atoms with E-state index in [2.05, 4.69) is 5.32 Å². The fourth-order valence-electron chi connectivity index (χ4n) is 2.09. The van der Waals surface area contributed by atoms with Gasteiger partial charge in [0.1, 0.15) is 11.6 Å². The number of amides is 1. The second-order valence-corrected chi connectivity index (χ2v) is 5.18. The molecule has 0 saturated carbocycles. The highest BCUT2D eigenvalue weighted by atomic mass is 16.5. The molecule has 0 aromatic heterocycles. The molecular formula is C19H16N2O4. The lowest BCUT2D eigenvalue weighted by Crippen LogP contribution is -2.13. The number of carbonyl (C=O) groups excluding carboxylic acids is 1. The molecule has 2 rings (SSSR count). The van der Waals surface area contributed by atoms with Gasteiger partial charge in [-0.3, -0.25) is 4.79 Å². The zero-order valence-electron chi connectivity index (χ0n) is 13.5. The molecular weight excluding hydrogens is 320 g/mol. The monoisotopic (exact) mass is 336 g/mol. The fraction of sp³-hybridized carbons (Fsp3) is 0.105. The molecule has 0 aliphatic carbocycles. The average Bonchev–Trinajstić information content (AvgIpc) is 2.61. The van der Waals surface area contributed by atoms with E-state index < -0.39 is 11.9 Å². The number of benzene rings is 2. The molecule has 126 valence electrons. The molecule has 25 heavy (non-hydrogen) atoms. The van der Waals surface area contributed by atoms with Crippen molar-refractivity contribution in [1.82, 2.24) is 0 Å². The molecule has 0 atom stereocenters. The number of anilines is 1. The number of methoxy groups -OCH3 is 1. The minimum atomic E-state index is -1.05. The van der Waals surface area contributed by atoms with Gasteiger partial charge in [0.25, 0.3) is 5.91 Å². The highest BCUT2D eigenvalue weighted by Gasteiger charge is 2.10. The number of carboxylic acids is 1. The molecule has 0 unspecified atom stereocenters. The molecule has 0 bridgehead atoms. The Labute approximate surface area is 145 Å². The van der Waals surface area contributed by atoms with Crippen molar-refractivity contribution in [3.05, 3.63) is 70.8 Å². The van der Waals surface area contributed by atoms with Gasteiger partial charge in [-0.25, -0.2) is 4.79 Å². The van der Waals surface area contributed by atoms with E-state index in [9.17, 15) is 14.9 Å². The first-order chi connectivity index (χ1) is 12.0. The fourth-order valence-corrected chi connectivity index (χ4v) is 2.09. The van der Waals surface area contributed by atoms with E-state index in [1.54, 1.807) is 19.2 Å². The summed E-state index contributed by atoms with van der Waals surface area (Å²) in [7, 11) is 1.61. The molecule has 6 heteroatoms. The Bertz CT molecular complexity index is 831. The number of carbonyl (C=O) groups is 2. The molecule has 0 heterocycles. The molecule has 1 amide bonds. The number of nitriles is 1. The summed E-state index contributed by atoms with van der Waals surface area (Å²) in [5, 5.41) is 20.6. The van der Waals surface area contributed by atoms with E-state index in [1.807, 2.05) is 18.2 Å². The summed E-state index contributed by atoms with van der Waals surface area (Å²) in [5.41, 5.74) is 2.17. The lowest BCUT2D eigenvalue weighted by atomic mass is 10.1. The van der Waals surface area contributed by atoms with Crippen LogP contribution in [0.1, 0.15) is 21.5 Å². The summed E-state index contributed by atoms with van der Waals surface area (Å²) in [6, 6.07) is 14.9. The predicted molar refractivity (Wildman–Crippen MR) is 92.8 cm³/mol. The van der Waals surface area contributed by atoms with Crippen LogP contribution < -0.4 is 5.32 Å². The highest BCUT2D eigenvalue weighted by molar-refractivity contribution is 6.09. The SMILES string of the molecule is COCc1ccc(/C=C(/C#N)C(=O)Nc2ccc(C(=O)O)cc2)cc1. The van der Waals surface area contributed by atoms with Gasteiger partial charge in [-0.1, -0.05) is 24.3 Å². The molecule has 0 spiro atoms. The van der Waals surface area contributed by atoms with E-state index in [0.717, 1.165) is 5.56 Å². The van der Waals surface area contributed by atoms with E-state index >= 15 is 0 Å². The van der Waals surface area contributed by atoms with E-state index in [4.69, 9.17) is 9.84 Å². The topological polar surface area (TPSA) is 99.4 Å². The van der Waals surface area contributed by atoms with Crippen molar-refractivity contribution in [2.24, 2.45) is 0 Å². The Hall–Kier alpha value is -3.43. The van der Waals surface area contributed by atoms with Crippen molar-refractivity contribution in [2.45, 2.75) is 6.61 Å². The van der Waals surface area contributed by atoms with E-state index in [-0.39, 0.29) is 11.1 Å². The Morgan fingerprint density at radius 1 is 1.16 bits per heavy atom. The quantitative estimate of drug-likeness (QED) is 0.624. The standard InChI is InChI=1S/C19H16N2O4/c1-25-12-14-4-2-13(3-5-14)10-16(11-20)18(22)21-17-8-6-15(7-9-17)19(23)24/h2-10H,12H2,1H3,(H,21,22)(H,23,24)/b16-10-. The molecule has 6 nitrogen and oxygen atoms in total. The predicted octanol–water partition coefficient (Wildman–Crippen LogP) is 3.08. The Balaban J connectivity index is 2.12. The number of rotatable bonds is 6. The van der Waals surface area contributed by atoms with E-state index in [0.29, 0.717) is 17.9 Å². The first-order valence-corrected chi connectivity index (χ1v) is 7.38. The van der Waals surface area contributed by atoms with Crippen molar-refractivity contribution in [1.29, 1.82) is 5.26 Å².